The Morgan fingerprint density at radius 2 is 1.87 bits per heavy atom. The number of benzene rings is 2. The molecule has 12 heteroatoms. The Balaban J connectivity index is 1.15. The number of hydrogen-bond donors (Lipinski definition) is 1. The number of cyclic esters (lactones) is 1. The predicted molar refractivity (Wildman–Crippen MR) is 183 cm³/mol. The lowest BCUT2D eigenvalue weighted by atomic mass is 9.96. The Morgan fingerprint density at radius 1 is 1.09 bits per heavy atom. The van der Waals surface area contributed by atoms with E-state index in [1.165, 1.54) is 17.8 Å². The number of amides is 2. The van der Waals surface area contributed by atoms with E-state index in [0.29, 0.717) is 67.4 Å². The molecule has 0 saturated carbocycles. The average Bonchev–Trinajstić information content (AvgIpc) is 3.57. The number of thioether (sulfide) groups is 1. The number of pyridine rings is 1. The average molecular weight is 667 g/mol. The number of nitrogens with zero attached hydrogens (tertiary/aromatic N) is 3. The number of hydrogen-bond acceptors (Lipinski definition) is 7. The van der Waals surface area contributed by atoms with E-state index in [0.717, 1.165) is 23.2 Å². The van der Waals surface area contributed by atoms with Crippen LogP contribution in [0.2, 0.25) is 18.1 Å². The minimum absolute atomic E-state index is 0.0592. The summed E-state index contributed by atoms with van der Waals surface area (Å²) in [4.78, 5) is 42.5. The second-order valence-corrected chi connectivity index (χ2v) is 19.9. The topological polar surface area (TPSA) is 93.1 Å². The third-order valence-electron chi connectivity index (χ3n) is 9.87. The van der Waals surface area contributed by atoms with Crippen LogP contribution < -0.4 is 15.8 Å². The van der Waals surface area contributed by atoms with Crippen LogP contribution in [0.25, 0.3) is 10.9 Å². The van der Waals surface area contributed by atoms with Crippen LogP contribution in [-0.4, -0.2) is 74.4 Å². The molecule has 1 saturated heterocycles. The van der Waals surface area contributed by atoms with Gasteiger partial charge in [-0.15, -0.1) is 11.8 Å². The highest BCUT2D eigenvalue weighted by atomic mass is 32.2. The summed E-state index contributed by atoms with van der Waals surface area (Å²) in [5.41, 5.74) is 2.59. The van der Waals surface area contributed by atoms with Crippen molar-refractivity contribution in [3.05, 3.63) is 64.2 Å². The SMILES string of the molecule is CC(C)(C)[Si](C)(C)OCCCN(CCC1Cn2c(=O)ccc3ccc(F)c1c32)CC1CN(c2ccc3c(c2)NC(=O)CS3)C(=O)O1. The summed E-state index contributed by atoms with van der Waals surface area (Å²) in [6, 6.07) is 12.2. The molecule has 6 rings (SSSR count). The number of rotatable bonds is 11. The number of ether oxygens (including phenoxy) is 1. The van der Waals surface area contributed by atoms with E-state index in [1.54, 1.807) is 27.7 Å². The van der Waals surface area contributed by atoms with Crippen LogP contribution in [-0.2, 0) is 20.5 Å². The maximum Gasteiger partial charge on any atom is 0.414 e. The Bertz CT molecular complexity index is 1720. The monoisotopic (exact) mass is 666 g/mol. The van der Waals surface area contributed by atoms with Gasteiger partial charge in [-0.05, 0) is 79.3 Å². The minimum Gasteiger partial charge on any atom is -0.443 e. The lowest BCUT2D eigenvalue weighted by Gasteiger charge is -2.36. The van der Waals surface area contributed by atoms with Crippen LogP contribution in [0.5, 0.6) is 0 Å². The third-order valence-corrected chi connectivity index (χ3v) is 15.5. The largest absolute Gasteiger partial charge is 0.443 e. The molecular formula is C34H43FN4O5SSi. The third kappa shape index (κ3) is 6.62. The van der Waals surface area contributed by atoms with E-state index in [4.69, 9.17) is 9.16 Å². The Hall–Kier alpha value is -3.19. The maximum absolute atomic E-state index is 15.2. The van der Waals surface area contributed by atoms with Gasteiger partial charge in [-0.1, -0.05) is 20.8 Å². The number of halogens is 1. The van der Waals surface area contributed by atoms with E-state index in [-0.39, 0.29) is 34.3 Å². The molecular weight excluding hydrogens is 624 g/mol. The summed E-state index contributed by atoms with van der Waals surface area (Å²) in [6.45, 7) is 14.6. The molecule has 2 aromatic carbocycles. The molecule has 2 atom stereocenters. The fraction of sp³-hybridized carbons (Fsp3) is 0.500. The van der Waals surface area contributed by atoms with Gasteiger partial charge in [-0.25, -0.2) is 9.18 Å². The number of nitrogens with one attached hydrogen (secondary N) is 1. The van der Waals surface area contributed by atoms with E-state index in [1.807, 2.05) is 18.2 Å². The summed E-state index contributed by atoms with van der Waals surface area (Å²) in [5, 5.41) is 3.88. The van der Waals surface area contributed by atoms with E-state index in [2.05, 4.69) is 44.1 Å². The number of carbonyl (C=O) groups excluding carboxylic acids is 2. The highest BCUT2D eigenvalue weighted by molar-refractivity contribution is 8.00. The molecule has 46 heavy (non-hydrogen) atoms. The molecule has 2 unspecified atom stereocenters. The van der Waals surface area contributed by atoms with Gasteiger partial charge in [-0.2, -0.15) is 0 Å². The van der Waals surface area contributed by atoms with Crippen molar-refractivity contribution in [1.82, 2.24) is 9.47 Å². The molecule has 0 aliphatic carbocycles. The van der Waals surface area contributed by atoms with E-state index < -0.39 is 14.4 Å². The second-order valence-electron chi connectivity index (χ2n) is 14.1. The van der Waals surface area contributed by atoms with Crippen molar-refractivity contribution in [3.8, 4) is 0 Å². The Morgan fingerprint density at radius 3 is 2.65 bits per heavy atom. The fourth-order valence-corrected chi connectivity index (χ4v) is 8.21. The van der Waals surface area contributed by atoms with Gasteiger partial charge < -0.3 is 19.0 Å². The van der Waals surface area contributed by atoms with Crippen molar-refractivity contribution in [2.24, 2.45) is 0 Å². The van der Waals surface area contributed by atoms with Gasteiger partial charge in [0.25, 0.3) is 5.56 Å². The molecule has 3 aliphatic rings. The first-order valence-electron chi connectivity index (χ1n) is 16.0. The Labute approximate surface area is 274 Å². The number of fused-ring (bicyclic) bond motifs is 1. The van der Waals surface area contributed by atoms with Crippen LogP contribution in [0.1, 0.15) is 45.1 Å². The van der Waals surface area contributed by atoms with Gasteiger partial charge in [0.2, 0.25) is 5.91 Å². The molecule has 0 spiro atoms. The molecule has 1 N–H and O–H groups in total. The highest BCUT2D eigenvalue weighted by Crippen LogP contribution is 2.39. The quantitative estimate of drug-likeness (QED) is 0.187. The molecule has 3 aliphatic heterocycles. The van der Waals surface area contributed by atoms with Crippen molar-refractivity contribution in [1.29, 1.82) is 0 Å². The van der Waals surface area contributed by atoms with Crippen molar-refractivity contribution in [3.63, 3.8) is 0 Å². The molecule has 9 nitrogen and oxygen atoms in total. The first kappa shape index (κ1) is 32.7. The van der Waals surface area contributed by atoms with Crippen LogP contribution in [0.3, 0.4) is 0 Å². The zero-order valence-corrected chi connectivity index (χ0v) is 29.0. The molecule has 2 amide bonds. The normalized spacial score (nSPS) is 19.6. The molecule has 4 heterocycles. The van der Waals surface area contributed by atoms with Gasteiger partial charge in [0.1, 0.15) is 11.9 Å². The summed E-state index contributed by atoms with van der Waals surface area (Å²) in [5.74, 6) is -0.0849. The summed E-state index contributed by atoms with van der Waals surface area (Å²) in [7, 11) is -1.89. The van der Waals surface area contributed by atoms with Crippen molar-refractivity contribution >= 4 is 54.4 Å². The lowest BCUT2D eigenvalue weighted by molar-refractivity contribution is -0.113. The molecule has 246 valence electrons. The van der Waals surface area contributed by atoms with Crippen molar-refractivity contribution in [2.75, 3.05) is 48.8 Å². The van der Waals surface area contributed by atoms with Crippen LogP contribution >= 0.6 is 11.8 Å². The van der Waals surface area contributed by atoms with Gasteiger partial charge in [0, 0.05) is 54.4 Å². The Kier molecular flexibility index (Phi) is 9.09. The van der Waals surface area contributed by atoms with Crippen LogP contribution in [0.4, 0.5) is 20.6 Å². The standard InChI is InChI=1S/C34H43FN4O5SSi/c1-34(2,3)46(4,5)43-16-6-14-37(15-13-23-18-39-30(41)12-8-22-7-10-26(35)31(23)32(22)39)19-25-20-38(33(42)44-25)24-9-11-28-27(17-24)36-29(40)21-45-28/h7-12,17,23,25H,6,13-16,18-21H2,1-5H3,(H,36,40). The zero-order valence-electron chi connectivity index (χ0n) is 27.2. The van der Waals surface area contributed by atoms with Crippen LogP contribution in [0.15, 0.2) is 52.2 Å². The van der Waals surface area contributed by atoms with Crippen molar-refractivity contribution in [2.45, 2.75) is 75.2 Å². The molecule has 1 aromatic heterocycles. The van der Waals surface area contributed by atoms with Gasteiger partial charge in [-0.3, -0.25) is 19.4 Å². The predicted octanol–water partition coefficient (Wildman–Crippen LogP) is 6.41. The molecule has 0 bridgehead atoms. The van der Waals surface area contributed by atoms with E-state index >= 15 is 4.39 Å². The maximum atomic E-state index is 15.2. The van der Waals surface area contributed by atoms with Crippen LogP contribution in [0, 0.1) is 5.82 Å². The molecule has 3 aromatic rings. The summed E-state index contributed by atoms with van der Waals surface area (Å²) < 4.78 is 29.2. The van der Waals surface area contributed by atoms with Gasteiger partial charge >= 0.3 is 6.09 Å². The fourth-order valence-electron chi connectivity index (χ4n) is 6.33. The first-order chi connectivity index (χ1) is 21.8. The van der Waals surface area contributed by atoms with E-state index in [9.17, 15) is 14.4 Å². The van der Waals surface area contributed by atoms with Crippen molar-refractivity contribution < 1.29 is 23.1 Å². The number of aromatic nitrogens is 1. The molecule has 1 fully saturated rings. The van der Waals surface area contributed by atoms with Gasteiger partial charge in [0.15, 0.2) is 8.32 Å². The number of anilines is 2. The minimum atomic E-state index is -1.89. The zero-order chi connectivity index (χ0) is 32.8. The smallest absolute Gasteiger partial charge is 0.414 e. The highest BCUT2D eigenvalue weighted by Gasteiger charge is 2.38. The summed E-state index contributed by atoms with van der Waals surface area (Å²) >= 11 is 1.48. The lowest BCUT2D eigenvalue weighted by Crippen LogP contribution is -2.42. The first-order valence-corrected chi connectivity index (χ1v) is 19.9. The van der Waals surface area contributed by atoms with Gasteiger partial charge in [0.05, 0.1) is 23.5 Å². The second kappa shape index (κ2) is 12.8. The number of carbonyl (C=O) groups is 2. The molecule has 0 radical (unpaired) electrons. The summed E-state index contributed by atoms with van der Waals surface area (Å²) in [6.07, 6.45) is 0.692.